The molecule has 0 aromatic carbocycles. The molecule has 0 spiro atoms. The van der Waals surface area contributed by atoms with E-state index in [1.807, 2.05) is 6.08 Å². The first kappa shape index (κ1) is 56.9. The normalized spacial score (nSPS) is 20.6. The second-order valence-electron chi connectivity index (χ2n) is 18.3. The van der Waals surface area contributed by atoms with Gasteiger partial charge in [0.05, 0.1) is 25.4 Å². The summed E-state index contributed by atoms with van der Waals surface area (Å²) in [5, 5.41) is 54.3. The van der Waals surface area contributed by atoms with Gasteiger partial charge in [0.25, 0.3) is 0 Å². The van der Waals surface area contributed by atoms with Crippen LogP contribution in [0, 0.1) is 0 Å². The molecule has 1 aliphatic heterocycles. The van der Waals surface area contributed by atoms with Gasteiger partial charge in [0.15, 0.2) is 6.29 Å². The van der Waals surface area contributed by atoms with Gasteiger partial charge >= 0.3 is 0 Å². The number of rotatable bonds is 44. The second-order valence-corrected chi connectivity index (χ2v) is 18.3. The number of amides is 1. The van der Waals surface area contributed by atoms with Crippen molar-refractivity contribution in [1.29, 1.82) is 0 Å². The Kier molecular flexibility index (Phi) is 39.8. The molecule has 356 valence electrons. The number of aliphatic hydroxyl groups excluding tert-OH is 5. The van der Waals surface area contributed by atoms with Crippen LogP contribution in [0.5, 0.6) is 0 Å². The number of hydrogen-bond acceptors (Lipinski definition) is 8. The predicted molar refractivity (Wildman–Crippen MR) is 249 cm³/mol. The number of aliphatic hydroxyl groups is 5. The van der Waals surface area contributed by atoms with Gasteiger partial charge < -0.3 is 40.3 Å². The maximum Gasteiger partial charge on any atom is 0.220 e. The van der Waals surface area contributed by atoms with Crippen LogP contribution in [0.4, 0.5) is 0 Å². The largest absolute Gasteiger partial charge is 0.394 e. The Labute approximate surface area is 369 Å². The van der Waals surface area contributed by atoms with Crippen molar-refractivity contribution in [1.82, 2.24) is 5.32 Å². The highest BCUT2D eigenvalue weighted by Crippen LogP contribution is 2.23. The van der Waals surface area contributed by atoms with Crippen LogP contribution in [0.1, 0.15) is 251 Å². The molecule has 0 saturated carbocycles. The average molecular weight is 854 g/mol. The zero-order valence-electron chi connectivity index (χ0n) is 39.2. The molecular weight excluding hydrogens is 755 g/mol. The third-order valence-corrected chi connectivity index (χ3v) is 12.6. The lowest BCUT2D eigenvalue weighted by Crippen LogP contribution is -2.60. The van der Waals surface area contributed by atoms with E-state index in [0.717, 1.165) is 38.5 Å². The molecule has 1 heterocycles. The lowest BCUT2D eigenvalue weighted by molar-refractivity contribution is -0.302. The molecule has 0 aliphatic carbocycles. The summed E-state index contributed by atoms with van der Waals surface area (Å²) in [5.74, 6) is -0.172. The van der Waals surface area contributed by atoms with Gasteiger partial charge in [-0.15, -0.1) is 0 Å². The molecule has 1 aliphatic rings. The summed E-state index contributed by atoms with van der Waals surface area (Å²) in [6.45, 7) is 3.80. The summed E-state index contributed by atoms with van der Waals surface area (Å²) in [6, 6.07) is -0.799. The van der Waals surface area contributed by atoms with E-state index in [1.54, 1.807) is 6.08 Å². The lowest BCUT2D eigenvalue weighted by atomic mass is 9.99. The summed E-state index contributed by atoms with van der Waals surface area (Å²) < 4.78 is 11.2. The lowest BCUT2D eigenvalue weighted by Gasteiger charge is -2.40. The third kappa shape index (κ3) is 31.7. The molecule has 6 N–H and O–H groups in total. The van der Waals surface area contributed by atoms with Crippen LogP contribution in [-0.4, -0.2) is 87.5 Å². The maximum atomic E-state index is 13.0. The second kappa shape index (κ2) is 41.9. The van der Waals surface area contributed by atoms with Crippen molar-refractivity contribution in [3.8, 4) is 0 Å². The van der Waals surface area contributed by atoms with Crippen LogP contribution in [0.25, 0.3) is 0 Å². The fourth-order valence-corrected chi connectivity index (χ4v) is 8.45. The highest BCUT2D eigenvalue weighted by Gasteiger charge is 2.44. The molecule has 0 bridgehead atoms. The number of hydrogen-bond donors (Lipinski definition) is 6. The minimum atomic E-state index is -1.56. The Hall–Kier alpha value is -1.07. The van der Waals surface area contributed by atoms with E-state index >= 15 is 0 Å². The first-order chi connectivity index (χ1) is 29.3. The Balaban J connectivity index is 2.25. The molecule has 0 aromatic rings. The van der Waals surface area contributed by atoms with Gasteiger partial charge in [0.2, 0.25) is 5.91 Å². The van der Waals surface area contributed by atoms with Crippen LogP contribution in [0.2, 0.25) is 0 Å². The number of ether oxygens (including phenoxy) is 2. The molecule has 9 nitrogen and oxygen atoms in total. The van der Waals surface area contributed by atoms with Crippen LogP contribution in [-0.2, 0) is 14.3 Å². The van der Waals surface area contributed by atoms with Gasteiger partial charge in [0.1, 0.15) is 24.4 Å². The number of allylic oxidation sites excluding steroid dienone is 1. The van der Waals surface area contributed by atoms with Crippen molar-refractivity contribution < 1.29 is 39.8 Å². The highest BCUT2D eigenvalue weighted by atomic mass is 16.7. The van der Waals surface area contributed by atoms with E-state index in [1.165, 1.54) is 193 Å². The van der Waals surface area contributed by atoms with Crippen LogP contribution in [0.3, 0.4) is 0 Å². The highest BCUT2D eigenvalue weighted by molar-refractivity contribution is 5.76. The molecular formula is C51H99NO8. The number of nitrogens with one attached hydrogen (secondary N) is 1. The zero-order chi connectivity index (χ0) is 43.7. The van der Waals surface area contributed by atoms with Gasteiger partial charge in [-0.05, 0) is 19.3 Å². The molecule has 9 heteroatoms. The molecule has 1 rings (SSSR count). The maximum absolute atomic E-state index is 13.0. The Morgan fingerprint density at radius 3 is 1.30 bits per heavy atom. The first-order valence-electron chi connectivity index (χ1n) is 25.9. The minimum Gasteiger partial charge on any atom is -0.394 e. The fourth-order valence-electron chi connectivity index (χ4n) is 8.45. The quantitative estimate of drug-likeness (QED) is 0.0262. The predicted octanol–water partition coefficient (Wildman–Crippen LogP) is 11.7. The standard InChI is InChI=1S/C51H99NO8/c1-3-5-7-9-11-13-15-17-19-20-21-22-23-24-25-27-29-31-33-35-37-39-41-47(55)52-44(43-59-51-50(58)49(57)48(56)46(42-53)60-51)45(54)40-38-36-34-32-30-28-26-18-16-14-12-10-8-6-4-2/h38,40,44-46,48-51,53-54,56-58H,3-37,39,41-43H2,1-2H3,(H,52,55)/b40-38+/t44-,45+,46+,48+,49?,50?,51+/m0/s1. The third-order valence-electron chi connectivity index (χ3n) is 12.6. The van der Waals surface area contributed by atoms with Gasteiger partial charge in [-0.3, -0.25) is 4.79 Å². The van der Waals surface area contributed by atoms with Crippen molar-refractivity contribution >= 4 is 5.91 Å². The van der Waals surface area contributed by atoms with Gasteiger partial charge in [-0.25, -0.2) is 0 Å². The molecule has 0 aromatic heterocycles. The molecule has 60 heavy (non-hydrogen) atoms. The van der Waals surface area contributed by atoms with E-state index in [9.17, 15) is 30.3 Å². The Bertz CT molecular complexity index is 950. The minimum absolute atomic E-state index is 0.172. The van der Waals surface area contributed by atoms with Crippen molar-refractivity contribution in [2.24, 2.45) is 0 Å². The summed E-state index contributed by atoms with van der Waals surface area (Å²) in [5.41, 5.74) is 0. The smallest absolute Gasteiger partial charge is 0.220 e. The van der Waals surface area contributed by atoms with Gasteiger partial charge in [-0.2, -0.15) is 0 Å². The van der Waals surface area contributed by atoms with Crippen molar-refractivity contribution in [3.05, 3.63) is 12.2 Å². The van der Waals surface area contributed by atoms with Crippen LogP contribution < -0.4 is 5.32 Å². The van der Waals surface area contributed by atoms with E-state index in [-0.39, 0.29) is 12.5 Å². The topological polar surface area (TPSA) is 149 Å². The SMILES string of the molecule is CCCCCCCCCCCCCCC/C=C/[C@@H](O)[C@H](CO[C@@H]1O[C@H](CO)[C@@H](O)C(O)C1O)NC(=O)CCCCCCCCCCCCCCCCCCCCCCCC. The van der Waals surface area contributed by atoms with Gasteiger partial charge in [0, 0.05) is 6.42 Å². The molecule has 7 atom stereocenters. The summed E-state index contributed by atoms with van der Waals surface area (Å²) >= 11 is 0. The molecule has 1 amide bonds. The first-order valence-corrected chi connectivity index (χ1v) is 25.9. The summed E-state index contributed by atoms with van der Waals surface area (Å²) in [6.07, 6.45) is 42.6. The van der Waals surface area contributed by atoms with E-state index in [2.05, 4.69) is 19.2 Å². The number of unbranched alkanes of at least 4 members (excludes halogenated alkanes) is 34. The van der Waals surface area contributed by atoms with E-state index in [0.29, 0.717) is 6.42 Å². The van der Waals surface area contributed by atoms with Crippen LogP contribution >= 0.6 is 0 Å². The van der Waals surface area contributed by atoms with E-state index in [4.69, 9.17) is 9.47 Å². The zero-order valence-corrected chi connectivity index (χ0v) is 39.2. The number of carbonyl (C=O) groups excluding carboxylic acids is 1. The van der Waals surface area contributed by atoms with Crippen molar-refractivity contribution in [2.75, 3.05) is 13.2 Å². The molecule has 1 fully saturated rings. The summed E-state index contributed by atoms with van der Waals surface area (Å²) in [7, 11) is 0. The fraction of sp³-hybridized carbons (Fsp3) is 0.941. The van der Waals surface area contributed by atoms with Crippen molar-refractivity contribution in [2.45, 2.75) is 294 Å². The monoisotopic (exact) mass is 854 g/mol. The molecule has 1 saturated heterocycles. The molecule has 0 radical (unpaired) electrons. The Morgan fingerprint density at radius 2 is 0.917 bits per heavy atom. The number of carbonyl (C=O) groups is 1. The van der Waals surface area contributed by atoms with Crippen LogP contribution in [0.15, 0.2) is 12.2 Å². The van der Waals surface area contributed by atoms with Gasteiger partial charge in [-0.1, -0.05) is 238 Å². The van der Waals surface area contributed by atoms with E-state index < -0.39 is 49.5 Å². The summed E-state index contributed by atoms with van der Waals surface area (Å²) in [4.78, 5) is 13.0. The van der Waals surface area contributed by atoms with Crippen molar-refractivity contribution in [3.63, 3.8) is 0 Å². The molecule has 2 unspecified atom stereocenters. The Morgan fingerprint density at radius 1 is 0.550 bits per heavy atom. The average Bonchev–Trinajstić information content (AvgIpc) is 3.25.